The van der Waals surface area contributed by atoms with Crippen molar-refractivity contribution in [3.05, 3.63) is 75.0 Å². The monoisotopic (exact) mass is 533 g/mol. The highest BCUT2D eigenvalue weighted by Crippen LogP contribution is 2.38. The van der Waals surface area contributed by atoms with E-state index in [0.717, 1.165) is 12.1 Å². The largest absolute Gasteiger partial charge is 0.444 e. The van der Waals surface area contributed by atoms with E-state index in [0.29, 0.717) is 11.6 Å². The lowest BCUT2D eigenvalue weighted by atomic mass is 9.86. The molecule has 1 aliphatic heterocycles. The minimum absolute atomic E-state index is 0.0422. The number of hydrogen-bond acceptors (Lipinski definition) is 4. The number of carbonyl (C=O) groups is 2. The molecule has 1 aliphatic rings. The Bertz CT molecular complexity index is 1160. The molecule has 0 spiro atoms. The van der Waals surface area contributed by atoms with Crippen molar-refractivity contribution in [2.24, 2.45) is 0 Å². The first-order valence-corrected chi connectivity index (χ1v) is 11.0. The number of ketones is 1. The van der Waals surface area contributed by atoms with Gasteiger partial charge in [-0.3, -0.25) is 4.79 Å². The Balaban J connectivity index is 1.80. The van der Waals surface area contributed by atoms with Gasteiger partial charge in [-0.05, 0) is 50.1 Å². The zero-order valence-corrected chi connectivity index (χ0v) is 20.4. The lowest BCUT2D eigenvalue weighted by Gasteiger charge is -2.46. The summed E-state index contributed by atoms with van der Waals surface area (Å²) in [6.45, 7) is 5.05. The number of β-amino-alcohol motifs (C(OH)–C–C–N with tert-alkyl or cyclic N) is 1. The van der Waals surface area contributed by atoms with Crippen molar-refractivity contribution in [1.82, 2.24) is 4.90 Å². The van der Waals surface area contributed by atoms with Crippen molar-refractivity contribution < 1.29 is 37.0 Å². The van der Waals surface area contributed by atoms with Gasteiger partial charge >= 0.3 is 12.3 Å². The van der Waals surface area contributed by atoms with Gasteiger partial charge in [-0.25, -0.2) is 9.18 Å². The van der Waals surface area contributed by atoms with Gasteiger partial charge in [-0.15, -0.1) is 0 Å². The molecule has 1 saturated heterocycles. The van der Waals surface area contributed by atoms with Crippen molar-refractivity contribution in [2.75, 3.05) is 13.1 Å². The Morgan fingerprint density at radius 2 is 1.54 bits per heavy atom. The highest BCUT2D eigenvalue weighted by Gasteiger charge is 2.46. The van der Waals surface area contributed by atoms with Crippen LogP contribution in [0.25, 0.3) is 5.57 Å². The molecule has 0 bridgehead atoms. The number of rotatable bonds is 4. The summed E-state index contributed by atoms with van der Waals surface area (Å²) in [4.78, 5) is 26.0. The van der Waals surface area contributed by atoms with Crippen LogP contribution in [0.5, 0.6) is 0 Å². The first kappa shape index (κ1) is 27.0. The van der Waals surface area contributed by atoms with E-state index in [1.807, 2.05) is 0 Å². The summed E-state index contributed by atoms with van der Waals surface area (Å²) in [7, 11) is 0. The average molecular weight is 534 g/mol. The maximum Gasteiger partial charge on any atom is 0.417 e. The Labute approximate surface area is 208 Å². The number of ether oxygens (including phenoxy) is 1. The van der Waals surface area contributed by atoms with Gasteiger partial charge in [0.25, 0.3) is 0 Å². The van der Waals surface area contributed by atoms with Gasteiger partial charge in [0.05, 0.1) is 28.7 Å². The molecule has 0 aromatic heterocycles. The van der Waals surface area contributed by atoms with E-state index in [2.05, 4.69) is 0 Å². The number of benzene rings is 2. The van der Waals surface area contributed by atoms with Gasteiger partial charge in [0, 0.05) is 5.56 Å². The number of halogens is 6. The molecule has 5 nitrogen and oxygen atoms in total. The number of amides is 1. The maximum atomic E-state index is 13.6. The van der Waals surface area contributed by atoms with E-state index < -0.39 is 56.3 Å². The van der Waals surface area contributed by atoms with Crippen LogP contribution in [-0.2, 0) is 10.3 Å². The van der Waals surface area contributed by atoms with Crippen molar-refractivity contribution in [1.29, 1.82) is 0 Å². The lowest BCUT2D eigenvalue weighted by Crippen LogP contribution is -2.61. The summed E-state index contributed by atoms with van der Waals surface area (Å²) in [6.07, 6.45) is -5.16. The molecule has 1 amide bonds. The molecular weight excluding hydrogens is 513 g/mol. The third-order valence-corrected chi connectivity index (χ3v) is 5.69. The Kier molecular flexibility index (Phi) is 7.28. The van der Waals surface area contributed by atoms with E-state index in [4.69, 9.17) is 27.9 Å². The third-order valence-electron chi connectivity index (χ3n) is 5.14. The minimum atomic E-state index is -4.95. The summed E-state index contributed by atoms with van der Waals surface area (Å²) < 4.78 is 59.8. The molecule has 0 atom stereocenters. The van der Waals surface area contributed by atoms with Gasteiger partial charge in [-0.1, -0.05) is 47.5 Å². The molecule has 0 aliphatic carbocycles. The van der Waals surface area contributed by atoms with Crippen molar-refractivity contribution in [3.63, 3.8) is 0 Å². The number of allylic oxidation sites excluding steroid dienone is 2. The molecular formula is C24H21Cl2F4NO4. The molecule has 1 heterocycles. The summed E-state index contributed by atoms with van der Waals surface area (Å²) in [6, 6.07) is 6.79. The molecule has 1 fully saturated rings. The minimum Gasteiger partial charge on any atom is -0.444 e. The molecule has 0 radical (unpaired) electrons. The molecule has 2 aromatic rings. The zero-order chi connectivity index (χ0) is 26.3. The predicted molar refractivity (Wildman–Crippen MR) is 123 cm³/mol. The van der Waals surface area contributed by atoms with Crippen LogP contribution in [-0.4, -0.2) is 46.7 Å². The van der Waals surface area contributed by atoms with Gasteiger partial charge in [0.2, 0.25) is 0 Å². The Morgan fingerprint density at radius 1 is 1.03 bits per heavy atom. The average Bonchev–Trinajstić information content (AvgIpc) is 2.71. The lowest BCUT2D eigenvalue weighted by molar-refractivity contribution is -0.103. The van der Waals surface area contributed by atoms with E-state index in [-0.39, 0.29) is 18.7 Å². The second-order valence-electron chi connectivity index (χ2n) is 9.12. The van der Waals surface area contributed by atoms with Gasteiger partial charge < -0.3 is 14.7 Å². The second kappa shape index (κ2) is 9.44. The Hall–Kier alpha value is -2.62. The fraction of sp³-hybridized carbons (Fsp3) is 0.333. The zero-order valence-electron chi connectivity index (χ0n) is 18.8. The van der Waals surface area contributed by atoms with E-state index >= 15 is 0 Å². The topological polar surface area (TPSA) is 66.8 Å². The summed E-state index contributed by atoms with van der Waals surface area (Å²) >= 11 is 11.2. The van der Waals surface area contributed by atoms with Crippen LogP contribution in [0.2, 0.25) is 10.0 Å². The normalized spacial score (nSPS) is 16.1. The molecule has 1 N–H and O–H groups in total. The summed E-state index contributed by atoms with van der Waals surface area (Å²) in [5, 5.41) is 9.52. The highest BCUT2D eigenvalue weighted by atomic mass is 35.5. The van der Waals surface area contributed by atoms with Crippen molar-refractivity contribution in [2.45, 2.75) is 38.1 Å². The van der Waals surface area contributed by atoms with Crippen LogP contribution in [0, 0.1) is 5.82 Å². The molecule has 11 heteroatoms. The first-order chi connectivity index (χ1) is 16.0. The third kappa shape index (κ3) is 6.15. The molecule has 3 rings (SSSR count). The standard InChI is InChI=1S/C24H21Cl2F4NO4/c1-22(2,3)35-21(33)31-11-23(34,12-31)15-6-4-13(5-7-15)19(32)10-16(24(28,29)30)14-8-17(25)20(27)18(26)9-14/h4-10,34H,11-12H2,1-3H3. The predicted octanol–water partition coefficient (Wildman–Crippen LogP) is 6.40. The summed E-state index contributed by atoms with van der Waals surface area (Å²) in [5.74, 6) is -2.05. The number of alkyl halides is 3. The summed E-state index contributed by atoms with van der Waals surface area (Å²) in [5.41, 5.74) is -3.69. The van der Waals surface area contributed by atoms with Crippen LogP contribution < -0.4 is 0 Å². The number of nitrogens with zero attached hydrogens (tertiary/aromatic N) is 1. The number of carbonyl (C=O) groups excluding carboxylic acids is 2. The van der Waals surface area contributed by atoms with Crippen LogP contribution in [0.1, 0.15) is 42.3 Å². The van der Waals surface area contributed by atoms with Crippen LogP contribution in [0.15, 0.2) is 42.5 Å². The van der Waals surface area contributed by atoms with Gasteiger partial charge in [0.15, 0.2) is 11.6 Å². The van der Waals surface area contributed by atoms with E-state index in [1.54, 1.807) is 20.8 Å². The highest BCUT2D eigenvalue weighted by molar-refractivity contribution is 6.35. The second-order valence-corrected chi connectivity index (χ2v) is 9.93. The van der Waals surface area contributed by atoms with Gasteiger partial charge in [-0.2, -0.15) is 13.2 Å². The van der Waals surface area contributed by atoms with E-state index in [1.165, 1.54) is 29.2 Å². The van der Waals surface area contributed by atoms with E-state index in [9.17, 15) is 32.3 Å². The van der Waals surface area contributed by atoms with Gasteiger partial charge in [0.1, 0.15) is 11.2 Å². The number of hydrogen-bond donors (Lipinski definition) is 1. The number of likely N-dealkylation sites (tertiary alicyclic amines) is 1. The SMILES string of the molecule is CC(C)(C)OC(=O)N1CC(O)(c2ccc(C(=O)C=C(c3cc(Cl)c(F)c(Cl)c3)C(F)(F)F)cc2)C1. The molecule has 35 heavy (non-hydrogen) atoms. The Morgan fingerprint density at radius 3 is 2.00 bits per heavy atom. The fourth-order valence-electron chi connectivity index (χ4n) is 3.42. The van der Waals surface area contributed by atoms with Crippen LogP contribution in [0.3, 0.4) is 0 Å². The maximum absolute atomic E-state index is 13.6. The van der Waals surface area contributed by atoms with Crippen molar-refractivity contribution >= 4 is 40.7 Å². The van der Waals surface area contributed by atoms with Crippen LogP contribution in [0.4, 0.5) is 22.4 Å². The number of aliphatic hydroxyl groups is 1. The quantitative estimate of drug-likeness (QED) is 0.214. The molecule has 0 unspecified atom stereocenters. The smallest absolute Gasteiger partial charge is 0.417 e. The molecule has 0 saturated carbocycles. The molecule has 2 aromatic carbocycles. The fourth-order valence-corrected chi connectivity index (χ4v) is 3.91. The molecule has 188 valence electrons. The first-order valence-electron chi connectivity index (χ1n) is 10.3. The van der Waals surface area contributed by atoms with Crippen molar-refractivity contribution in [3.8, 4) is 0 Å². The van der Waals surface area contributed by atoms with Crippen LogP contribution >= 0.6 is 23.2 Å².